The third-order valence-electron chi connectivity index (χ3n) is 3.02. The number of rotatable bonds is 4. The van der Waals surface area contributed by atoms with Crippen molar-refractivity contribution < 1.29 is 4.74 Å². The smallest absolute Gasteiger partial charge is 0.257 e. The Morgan fingerprint density at radius 1 is 1.20 bits per heavy atom. The van der Waals surface area contributed by atoms with E-state index in [1.54, 1.807) is 23.1 Å². The molecule has 0 saturated carbocycles. The van der Waals surface area contributed by atoms with Gasteiger partial charge in [0.2, 0.25) is 11.9 Å². The molecule has 3 heterocycles. The molecule has 1 aliphatic rings. The molecule has 0 aromatic carbocycles. The minimum Gasteiger partial charge on any atom is -0.381 e. The molecule has 0 unspecified atom stereocenters. The molecule has 2 aromatic rings. The van der Waals surface area contributed by atoms with Crippen LogP contribution in [-0.4, -0.2) is 44.0 Å². The third kappa shape index (κ3) is 2.83. The second kappa shape index (κ2) is 5.80. The van der Waals surface area contributed by atoms with Crippen LogP contribution in [0.1, 0.15) is 12.8 Å². The molecule has 0 aliphatic carbocycles. The van der Waals surface area contributed by atoms with E-state index in [0.29, 0.717) is 23.9 Å². The number of nitrogens with two attached hydrogens (primary N) is 1. The molecule has 9 heteroatoms. The van der Waals surface area contributed by atoms with Gasteiger partial charge in [-0.3, -0.25) is 5.43 Å². The first-order valence-electron chi connectivity index (χ1n) is 6.42. The molecular weight excluding hydrogens is 260 g/mol. The van der Waals surface area contributed by atoms with E-state index in [1.807, 2.05) is 0 Å². The maximum absolute atomic E-state index is 5.39. The van der Waals surface area contributed by atoms with E-state index in [0.717, 1.165) is 26.1 Å². The number of nitrogens with one attached hydrogen (secondary N) is 2. The Hall–Kier alpha value is -2.26. The fraction of sp³-hybridized carbons (Fsp3) is 0.455. The van der Waals surface area contributed by atoms with Crippen LogP contribution in [0.5, 0.6) is 0 Å². The van der Waals surface area contributed by atoms with Crippen LogP contribution in [0.3, 0.4) is 0 Å². The van der Waals surface area contributed by atoms with Crippen LogP contribution in [0.4, 0.5) is 11.9 Å². The SMILES string of the molecule is NNc1nc(NC2CCOCC2)nc(-n2cccn2)n1. The van der Waals surface area contributed by atoms with E-state index in [-0.39, 0.29) is 0 Å². The standard InChI is InChI=1S/C11H16N8O/c12-18-10-15-9(14-8-2-6-20-7-3-8)16-11(17-10)19-5-1-4-13-19/h1,4-5,8H,2-3,6-7,12H2,(H2,14,15,16,17,18). The lowest BCUT2D eigenvalue weighted by molar-refractivity contribution is 0.0903. The highest BCUT2D eigenvalue weighted by Gasteiger charge is 2.16. The quantitative estimate of drug-likeness (QED) is 0.525. The summed E-state index contributed by atoms with van der Waals surface area (Å²) in [6, 6.07) is 2.09. The van der Waals surface area contributed by atoms with Crippen LogP contribution in [-0.2, 0) is 4.74 Å². The number of ether oxygens (including phenoxy) is 1. The first kappa shape index (κ1) is 12.8. The van der Waals surface area contributed by atoms with Gasteiger partial charge in [-0.15, -0.1) is 0 Å². The van der Waals surface area contributed by atoms with Crippen LogP contribution >= 0.6 is 0 Å². The Morgan fingerprint density at radius 2 is 2.00 bits per heavy atom. The largest absolute Gasteiger partial charge is 0.381 e. The van der Waals surface area contributed by atoms with Crippen LogP contribution in [0.15, 0.2) is 18.5 Å². The lowest BCUT2D eigenvalue weighted by atomic mass is 10.1. The first-order chi connectivity index (χ1) is 9.85. The van der Waals surface area contributed by atoms with Gasteiger partial charge in [0.05, 0.1) is 0 Å². The van der Waals surface area contributed by atoms with E-state index in [4.69, 9.17) is 10.6 Å². The van der Waals surface area contributed by atoms with Crippen molar-refractivity contribution in [1.29, 1.82) is 0 Å². The normalized spacial score (nSPS) is 16.1. The molecule has 4 N–H and O–H groups in total. The van der Waals surface area contributed by atoms with Crippen LogP contribution < -0.4 is 16.6 Å². The highest BCUT2D eigenvalue weighted by molar-refractivity contribution is 5.37. The van der Waals surface area contributed by atoms with Crippen molar-refractivity contribution in [3.05, 3.63) is 18.5 Å². The Morgan fingerprint density at radius 3 is 2.70 bits per heavy atom. The van der Waals surface area contributed by atoms with Crippen LogP contribution in [0, 0.1) is 0 Å². The molecule has 3 rings (SSSR count). The van der Waals surface area contributed by atoms with Crippen molar-refractivity contribution in [2.24, 2.45) is 5.84 Å². The topological polar surface area (TPSA) is 116 Å². The van der Waals surface area contributed by atoms with Gasteiger partial charge < -0.3 is 10.1 Å². The number of nitrogen functional groups attached to an aromatic ring is 1. The van der Waals surface area contributed by atoms with Gasteiger partial charge in [0.1, 0.15) is 0 Å². The average molecular weight is 276 g/mol. The predicted molar refractivity (Wildman–Crippen MR) is 72.2 cm³/mol. The van der Waals surface area contributed by atoms with Crippen LogP contribution in [0.25, 0.3) is 5.95 Å². The predicted octanol–water partition coefficient (Wildman–Crippen LogP) is -0.0662. The molecule has 106 valence electrons. The molecule has 0 spiro atoms. The average Bonchev–Trinajstić information content (AvgIpc) is 3.02. The summed E-state index contributed by atoms with van der Waals surface area (Å²) in [4.78, 5) is 12.7. The van der Waals surface area contributed by atoms with Crippen molar-refractivity contribution in [1.82, 2.24) is 24.7 Å². The van der Waals surface area contributed by atoms with E-state index in [1.165, 1.54) is 0 Å². The Kier molecular flexibility index (Phi) is 3.70. The van der Waals surface area contributed by atoms with Crippen LogP contribution in [0.2, 0.25) is 0 Å². The Labute approximate surface area is 115 Å². The molecule has 0 radical (unpaired) electrons. The summed E-state index contributed by atoms with van der Waals surface area (Å²) in [6.07, 6.45) is 5.26. The second-order valence-corrected chi connectivity index (χ2v) is 4.41. The molecule has 20 heavy (non-hydrogen) atoms. The molecule has 0 amide bonds. The van der Waals surface area contributed by atoms with Gasteiger partial charge in [-0.25, -0.2) is 10.5 Å². The lowest BCUT2D eigenvalue weighted by Gasteiger charge is -2.23. The molecule has 0 bridgehead atoms. The van der Waals surface area contributed by atoms with E-state index >= 15 is 0 Å². The van der Waals surface area contributed by atoms with Crippen molar-refractivity contribution in [3.63, 3.8) is 0 Å². The molecule has 0 atom stereocenters. The molecule has 1 saturated heterocycles. The van der Waals surface area contributed by atoms with Gasteiger partial charge in [-0.1, -0.05) is 0 Å². The minimum atomic E-state index is 0.292. The fourth-order valence-corrected chi connectivity index (χ4v) is 2.01. The highest BCUT2D eigenvalue weighted by atomic mass is 16.5. The van der Waals surface area contributed by atoms with Gasteiger partial charge in [0, 0.05) is 31.6 Å². The van der Waals surface area contributed by atoms with Gasteiger partial charge in [0.15, 0.2) is 0 Å². The Balaban J connectivity index is 1.84. The van der Waals surface area contributed by atoms with Crippen molar-refractivity contribution in [3.8, 4) is 5.95 Å². The molecule has 2 aromatic heterocycles. The zero-order valence-electron chi connectivity index (χ0n) is 10.9. The molecule has 1 aliphatic heterocycles. The molecular formula is C11H16N8O. The summed E-state index contributed by atoms with van der Waals surface area (Å²) in [5.41, 5.74) is 2.44. The van der Waals surface area contributed by atoms with E-state index < -0.39 is 0 Å². The van der Waals surface area contributed by atoms with E-state index in [2.05, 4.69) is 30.8 Å². The summed E-state index contributed by atoms with van der Waals surface area (Å²) in [5, 5.41) is 7.38. The lowest BCUT2D eigenvalue weighted by Crippen LogP contribution is -2.29. The maximum Gasteiger partial charge on any atom is 0.257 e. The van der Waals surface area contributed by atoms with Crippen molar-refractivity contribution in [2.45, 2.75) is 18.9 Å². The second-order valence-electron chi connectivity index (χ2n) is 4.41. The van der Waals surface area contributed by atoms with E-state index in [9.17, 15) is 0 Å². The van der Waals surface area contributed by atoms with Gasteiger partial charge in [-0.05, 0) is 18.9 Å². The first-order valence-corrected chi connectivity index (χ1v) is 6.42. The number of anilines is 2. The summed E-state index contributed by atoms with van der Waals surface area (Å²) >= 11 is 0. The van der Waals surface area contributed by atoms with Gasteiger partial charge in [0.25, 0.3) is 5.95 Å². The summed E-state index contributed by atoms with van der Waals surface area (Å²) in [7, 11) is 0. The number of hydrogen-bond acceptors (Lipinski definition) is 8. The summed E-state index contributed by atoms with van der Waals surface area (Å²) < 4.78 is 6.88. The minimum absolute atomic E-state index is 0.292. The Bertz CT molecular complexity index is 552. The summed E-state index contributed by atoms with van der Waals surface area (Å²) in [5.74, 6) is 6.57. The number of aromatic nitrogens is 5. The molecule has 1 fully saturated rings. The number of hydrazine groups is 1. The number of hydrogen-bond donors (Lipinski definition) is 3. The zero-order valence-corrected chi connectivity index (χ0v) is 10.9. The van der Waals surface area contributed by atoms with Gasteiger partial charge in [-0.2, -0.15) is 20.1 Å². The highest BCUT2D eigenvalue weighted by Crippen LogP contribution is 2.14. The number of nitrogens with zero attached hydrogens (tertiary/aromatic N) is 5. The summed E-state index contributed by atoms with van der Waals surface area (Å²) in [6.45, 7) is 1.49. The van der Waals surface area contributed by atoms with Crippen molar-refractivity contribution >= 4 is 11.9 Å². The van der Waals surface area contributed by atoms with Gasteiger partial charge >= 0.3 is 0 Å². The zero-order chi connectivity index (χ0) is 13.8. The maximum atomic E-state index is 5.39. The van der Waals surface area contributed by atoms with Crippen molar-refractivity contribution in [2.75, 3.05) is 24.0 Å². The third-order valence-corrected chi connectivity index (χ3v) is 3.02. The molecule has 9 nitrogen and oxygen atoms in total. The monoisotopic (exact) mass is 276 g/mol. The fourth-order valence-electron chi connectivity index (χ4n) is 2.01.